The van der Waals surface area contributed by atoms with Crippen LogP contribution in [0.3, 0.4) is 0 Å². The van der Waals surface area contributed by atoms with Crippen LogP contribution in [-0.4, -0.2) is 30.3 Å². The molecule has 174 valence electrons. The zero-order chi connectivity index (χ0) is 23.9. The van der Waals surface area contributed by atoms with Gasteiger partial charge in [0.1, 0.15) is 17.3 Å². The fraction of sp³-hybridized carbons (Fsp3) is 0.160. The summed E-state index contributed by atoms with van der Waals surface area (Å²) < 4.78 is 29.6. The lowest BCUT2D eigenvalue weighted by Crippen LogP contribution is -2.23. The van der Waals surface area contributed by atoms with Gasteiger partial charge in [0, 0.05) is 29.4 Å². The molecule has 2 N–H and O–H groups in total. The lowest BCUT2D eigenvalue weighted by Gasteiger charge is -2.08. The third-order valence-corrected chi connectivity index (χ3v) is 5.11. The van der Waals surface area contributed by atoms with Crippen LogP contribution in [0.1, 0.15) is 21.8 Å². The Morgan fingerprint density at radius 2 is 1.79 bits per heavy atom. The number of rotatable bonds is 9. The van der Waals surface area contributed by atoms with E-state index in [0.717, 1.165) is 5.69 Å². The smallest absolute Gasteiger partial charge is 0.251 e. The highest BCUT2D eigenvalue weighted by atomic mass is 19.1. The molecule has 0 radical (unpaired) electrons. The SMILES string of the molecule is COc1ccc(-c2noc(CNc3ccc(C(=O)NCc4ccccc4F)cc3)n2)c(OC)c1. The Morgan fingerprint density at radius 3 is 2.53 bits per heavy atom. The van der Waals surface area contributed by atoms with Gasteiger partial charge in [0.15, 0.2) is 0 Å². The van der Waals surface area contributed by atoms with Crippen molar-refractivity contribution in [2.75, 3.05) is 19.5 Å². The van der Waals surface area contributed by atoms with Gasteiger partial charge in [0.2, 0.25) is 11.7 Å². The number of aromatic nitrogens is 2. The highest BCUT2D eigenvalue weighted by Gasteiger charge is 2.14. The number of carbonyl (C=O) groups excluding carboxylic acids is 1. The summed E-state index contributed by atoms with van der Waals surface area (Å²) in [5, 5.41) is 9.92. The van der Waals surface area contributed by atoms with Crippen molar-refractivity contribution in [2.24, 2.45) is 0 Å². The summed E-state index contributed by atoms with van der Waals surface area (Å²) >= 11 is 0. The molecule has 34 heavy (non-hydrogen) atoms. The Morgan fingerprint density at radius 1 is 1.00 bits per heavy atom. The summed E-state index contributed by atoms with van der Waals surface area (Å²) in [6.07, 6.45) is 0. The molecule has 1 amide bonds. The quantitative estimate of drug-likeness (QED) is 0.380. The van der Waals surface area contributed by atoms with Crippen molar-refractivity contribution in [1.29, 1.82) is 0 Å². The van der Waals surface area contributed by atoms with Gasteiger partial charge in [-0.05, 0) is 42.5 Å². The molecule has 8 nitrogen and oxygen atoms in total. The average molecular weight is 462 g/mol. The average Bonchev–Trinajstić information content (AvgIpc) is 3.35. The molecule has 0 saturated heterocycles. The molecule has 0 bridgehead atoms. The van der Waals surface area contributed by atoms with E-state index < -0.39 is 0 Å². The van der Waals surface area contributed by atoms with Crippen LogP contribution in [0.5, 0.6) is 11.5 Å². The van der Waals surface area contributed by atoms with Crippen LogP contribution in [0.25, 0.3) is 11.4 Å². The molecule has 1 heterocycles. The number of carbonyl (C=O) groups is 1. The summed E-state index contributed by atoms with van der Waals surface area (Å²) in [7, 11) is 3.14. The topological polar surface area (TPSA) is 98.5 Å². The second kappa shape index (κ2) is 10.5. The lowest BCUT2D eigenvalue weighted by atomic mass is 10.1. The summed E-state index contributed by atoms with van der Waals surface area (Å²) in [5.74, 6) is 1.39. The fourth-order valence-electron chi connectivity index (χ4n) is 3.26. The minimum absolute atomic E-state index is 0.115. The third-order valence-electron chi connectivity index (χ3n) is 5.11. The van der Waals surface area contributed by atoms with Gasteiger partial charge < -0.3 is 24.6 Å². The van der Waals surface area contributed by atoms with Crippen LogP contribution >= 0.6 is 0 Å². The molecule has 0 atom stereocenters. The molecule has 0 fully saturated rings. The van der Waals surface area contributed by atoms with Gasteiger partial charge in [-0.3, -0.25) is 4.79 Å². The van der Waals surface area contributed by atoms with Crippen molar-refractivity contribution >= 4 is 11.6 Å². The Hall–Kier alpha value is -4.40. The number of nitrogens with one attached hydrogen (secondary N) is 2. The zero-order valence-electron chi connectivity index (χ0n) is 18.7. The third kappa shape index (κ3) is 5.32. The predicted octanol–water partition coefficient (Wildman–Crippen LogP) is 4.44. The molecule has 3 aromatic carbocycles. The number of halogens is 1. The molecule has 4 aromatic rings. The van der Waals surface area contributed by atoms with Crippen molar-refractivity contribution in [3.63, 3.8) is 0 Å². The normalized spacial score (nSPS) is 10.6. The van der Waals surface area contributed by atoms with E-state index in [1.165, 1.54) is 6.07 Å². The first kappa shape index (κ1) is 22.8. The van der Waals surface area contributed by atoms with E-state index in [0.29, 0.717) is 46.4 Å². The van der Waals surface area contributed by atoms with Crippen LogP contribution in [0, 0.1) is 5.82 Å². The molecule has 0 aliphatic rings. The first-order valence-electron chi connectivity index (χ1n) is 10.5. The number of hydrogen-bond acceptors (Lipinski definition) is 7. The molecule has 0 saturated carbocycles. The molecule has 0 aliphatic carbocycles. The molecule has 1 aromatic heterocycles. The van der Waals surface area contributed by atoms with Gasteiger partial charge in [-0.1, -0.05) is 23.4 Å². The van der Waals surface area contributed by atoms with E-state index in [4.69, 9.17) is 14.0 Å². The Labute approximate surface area is 195 Å². The number of methoxy groups -OCH3 is 2. The number of benzene rings is 3. The Balaban J connectivity index is 1.34. The van der Waals surface area contributed by atoms with E-state index in [-0.39, 0.29) is 18.3 Å². The van der Waals surface area contributed by atoms with Gasteiger partial charge >= 0.3 is 0 Å². The summed E-state index contributed by atoms with van der Waals surface area (Å²) in [6.45, 7) is 0.411. The number of ether oxygens (including phenoxy) is 2. The maximum Gasteiger partial charge on any atom is 0.251 e. The zero-order valence-corrected chi connectivity index (χ0v) is 18.7. The highest BCUT2D eigenvalue weighted by molar-refractivity contribution is 5.94. The fourth-order valence-corrected chi connectivity index (χ4v) is 3.26. The van der Waals surface area contributed by atoms with Gasteiger partial charge in [-0.2, -0.15) is 4.98 Å². The number of hydrogen-bond donors (Lipinski definition) is 2. The van der Waals surface area contributed by atoms with E-state index >= 15 is 0 Å². The van der Waals surface area contributed by atoms with Gasteiger partial charge in [-0.25, -0.2) is 4.39 Å². The monoisotopic (exact) mass is 462 g/mol. The van der Waals surface area contributed by atoms with Gasteiger partial charge in [0.05, 0.1) is 26.3 Å². The second-order valence-electron chi connectivity index (χ2n) is 7.28. The molecule has 0 spiro atoms. The van der Waals surface area contributed by atoms with Crippen LogP contribution in [0.15, 0.2) is 71.3 Å². The Bertz CT molecular complexity index is 1270. The van der Waals surface area contributed by atoms with E-state index in [9.17, 15) is 9.18 Å². The van der Waals surface area contributed by atoms with Gasteiger partial charge in [-0.15, -0.1) is 0 Å². The van der Waals surface area contributed by atoms with Crippen molar-refractivity contribution in [3.05, 3.63) is 89.6 Å². The van der Waals surface area contributed by atoms with Crippen LogP contribution < -0.4 is 20.1 Å². The minimum Gasteiger partial charge on any atom is -0.497 e. The number of nitrogens with zero attached hydrogens (tertiary/aromatic N) is 2. The summed E-state index contributed by atoms with van der Waals surface area (Å²) in [6, 6.07) is 18.6. The van der Waals surface area contributed by atoms with Crippen molar-refractivity contribution < 1.29 is 23.2 Å². The van der Waals surface area contributed by atoms with E-state index in [1.54, 1.807) is 74.9 Å². The first-order chi connectivity index (χ1) is 16.6. The molecule has 9 heteroatoms. The van der Waals surface area contributed by atoms with Crippen LogP contribution in [-0.2, 0) is 13.1 Å². The highest BCUT2D eigenvalue weighted by Crippen LogP contribution is 2.31. The number of amides is 1. The number of anilines is 1. The van der Waals surface area contributed by atoms with E-state index in [2.05, 4.69) is 20.8 Å². The Kier molecular flexibility index (Phi) is 7.02. The molecular formula is C25H23FN4O4. The predicted molar refractivity (Wildman–Crippen MR) is 124 cm³/mol. The van der Waals surface area contributed by atoms with Crippen molar-refractivity contribution in [1.82, 2.24) is 15.5 Å². The van der Waals surface area contributed by atoms with Crippen molar-refractivity contribution in [2.45, 2.75) is 13.1 Å². The summed E-state index contributed by atoms with van der Waals surface area (Å²) in [4.78, 5) is 16.8. The molecule has 4 rings (SSSR count). The second-order valence-corrected chi connectivity index (χ2v) is 7.28. The van der Waals surface area contributed by atoms with E-state index in [1.807, 2.05) is 0 Å². The maximum absolute atomic E-state index is 13.7. The minimum atomic E-state index is -0.350. The van der Waals surface area contributed by atoms with Gasteiger partial charge in [0.25, 0.3) is 5.91 Å². The first-order valence-corrected chi connectivity index (χ1v) is 10.5. The van der Waals surface area contributed by atoms with Crippen molar-refractivity contribution in [3.8, 4) is 22.9 Å². The summed E-state index contributed by atoms with van der Waals surface area (Å²) in [5.41, 5.74) is 2.35. The molecular weight excluding hydrogens is 439 g/mol. The standard InChI is InChI=1S/C25H23FN4O4/c1-32-19-11-12-20(22(13-19)33-2)24-29-23(34-30-24)15-27-18-9-7-16(8-10-18)25(31)28-14-17-5-3-4-6-21(17)26/h3-13,27H,14-15H2,1-2H3,(H,28,31). The molecule has 0 unspecified atom stereocenters. The van der Waals surface area contributed by atoms with Crippen LogP contribution in [0.4, 0.5) is 10.1 Å². The van der Waals surface area contributed by atoms with Crippen LogP contribution in [0.2, 0.25) is 0 Å². The maximum atomic E-state index is 13.7. The molecule has 0 aliphatic heterocycles. The lowest BCUT2D eigenvalue weighted by molar-refractivity contribution is 0.0950. The largest absolute Gasteiger partial charge is 0.497 e.